The Morgan fingerprint density at radius 3 is 1.58 bits per heavy atom. The third-order valence-corrected chi connectivity index (χ3v) is 5.50. The van der Waals surface area contributed by atoms with Crippen LogP contribution in [-0.2, 0) is 4.52 Å². The summed E-state index contributed by atoms with van der Waals surface area (Å²) >= 11 is 8.66. The number of hydrogen-bond donors (Lipinski definition) is 2. The summed E-state index contributed by atoms with van der Waals surface area (Å²) in [6.45, 7) is 0. The largest absolute Gasteiger partial charge is 0.345 e. The molecule has 0 aromatic heterocycles. The van der Waals surface area contributed by atoms with Crippen molar-refractivity contribution >= 4 is 44.0 Å². The van der Waals surface area contributed by atoms with Gasteiger partial charge in [-0.3, -0.25) is 0 Å². The van der Waals surface area contributed by atoms with Gasteiger partial charge in [-0.05, 0) is 0 Å². The highest BCUT2D eigenvalue weighted by Gasteiger charge is 2.18. The molecule has 0 aliphatic carbocycles. The van der Waals surface area contributed by atoms with E-state index < -0.39 is 8.15 Å². The van der Waals surface area contributed by atoms with Crippen LogP contribution in [0.25, 0.3) is 0 Å². The molecule has 0 saturated carbocycles. The quantitative estimate of drug-likeness (QED) is 0.615. The fraction of sp³-hybridized carbons (Fsp3) is 0.200. The highest BCUT2D eigenvalue weighted by molar-refractivity contribution is 7.81. The SMILES string of the molecule is SCC(CS)OP(c1ccccc1)c1ccccc1. The van der Waals surface area contributed by atoms with Crippen molar-refractivity contribution in [3.05, 3.63) is 60.7 Å². The maximum atomic E-state index is 6.23. The fourth-order valence-corrected chi connectivity index (χ4v) is 4.39. The van der Waals surface area contributed by atoms with E-state index in [-0.39, 0.29) is 6.10 Å². The van der Waals surface area contributed by atoms with Gasteiger partial charge >= 0.3 is 0 Å². The molecule has 4 heteroatoms. The molecule has 0 N–H and O–H groups in total. The first-order chi connectivity index (χ1) is 9.35. The van der Waals surface area contributed by atoms with Gasteiger partial charge in [0.05, 0.1) is 14.3 Å². The van der Waals surface area contributed by atoms with Crippen LogP contribution in [0.4, 0.5) is 0 Å². The predicted octanol–water partition coefficient (Wildman–Crippen LogP) is 3.28. The van der Waals surface area contributed by atoms with Crippen LogP contribution in [0.15, 0.2) is 60.7 Å². The van der Waals surface area contributed by atoms with E-state index in [2.05, 4.69) is 49.5 Å². The van der Waals surface area contributed by atoms with E-state index in [1.54, 1.807) is 0 Å². The van der Waals surface area contributed by atoms with E-state index >= 15 is 0 Å². The fourth-order valence-electron chi connectivity index (χ4n) is 1.67. The van der Waals surface area contributed by atoms with Crippen LogP contribution in [0.3, 0.4) is 0 Å². The van der Waals surface area contributed by atoms with Gasteiger partial charge in [-0.1, -0.05) is 60.7 Å². The van der Waals surface area contributed by atoms with Gasteiger partial charge in [0.15, 0.2) is 0 Å². The molecule has 0 atom stereocenters. The molecule has 2 aromatic carbocycles. The second-order valence-corrected chi connectivity index (χ2v) is 6.62. The average molecular weight is 308 g/mol. The Morgan fingerprint density at radius 2 is 1.21 bits per heavy atom. The molecule has 1 nitrogen and oxygen atoms in total. The Balaban J connectivity index is 2.29. The first-order valence-electron chi connectivity index (χ1n) is 6.14. The molecule has 0 aliphatic rings. The number of benzene rings is 2. The molecule has 0 spiro atoms. The number of thiol groups is 2. The van der Waals surface area contributed by atoms with E-state index in [0.29, 0.717) is 11.5 Å². The van der Waals surface area contributed by atoms with Crippen molar-refractivity contribution in [3.8, 4) is 0 Å². The van der Waals surface area contributed by atoms with Crippen molar-refractivity contribution in [3.63, 3.8) is 0 Å². The summed E-state index contributed by atoms with van der Waals surface area (Å²) in [5, 5.41) is 2.44. The van der Waals surface area contributed by atoms with Crippen LogP contribution in [-0.4, -0.2) is 17.6 Å². The van der Waals surface area contributed by atoms with Crippen molar-refractivity contribution in [2.24, 2.45) is 0 Å². The average Bonchev–Trinajstić information content (AvgIpc) is 2.50. The van der Waals surface area contributed by atoms with Crippen molar-refractivity contribution in [1.29, 1.82) is 0 Å². The maximum absolute atomic E-state index is 6.23. The van der Waals surface area contributed by atoms with E-state index in [9.17, 15) is 0 Å². The highest BCUT2D eigenvalue weighted by atomic mass is 32.1. The van der Waals surface area contributed by atoms with Gasteiger partial charge in [0.2, 0.25) is 0 Å². The zero-order chi connectivity index (χ0) is 13.5. The molecular formula is C15H17OPS2. The molecule has 2 aromatic rings. The lowest BCUT2D eigenvalue weighted by molar-refractivity contribution is 0.289. The number of hydrogen-bond acceptors (Lipinski definition) is 3. The van der Waals surface area contributed by atoms with Crippen LogP contribution < -0.4 is 10.6 Å². The van der Waals surface area contributed by atoms with Gasteiger partial charge in [-0.25, -0.2) is 0 Å². The third-order valence-electron chi connectivity index (χ3n) is 2.64. The minimum absolute atomic E-state index is 0.0678. The monoisotopic (exact) mass is 308 g/mol. The smallest absolute Gasteiger partial charge is 0.0922 e. The molecule has 2 rings (SSSR count). The molecule has 0 heterocycles. The summed E-state index contributed by atoms with van der Waals surface area (Å²) in [7, 11) is -0.800. The van der Waals surface area contributed by atoms with Gasteiger partial charge in [0.25, 0.3) is 0 Å². The minimum atomic E-state index is -0.800. The molecular weight excluding hydrogens is 291 g/mol. The van der Waals surface area contributed by atoms with Gasteiger partial charge in [0, 0.05) is 22.1 Å². The van der Waals surface area contributed by atoms with Gasteiger partial charge in [-0.15, -0.1) is 0 Å². The molecule has 0 amide bonds. The Kier molecular flexibility index (Phi) is 6.25. The molecule has 0 aliphatic heterocycles. The first kappa shape index (κ1) is 14.9. The molecule has 0 unspecified atom stereocenters. The second-order valence-electron chi connectivity index (χ2n) is 4.06. The van der Waals surface area contributed by atoms with Gasteiger partial charge in [0.1, 0.15) is 0 Å². The summed E-state index contributed by atoms with van der Waals surface area (Å²) in [4.78, 5) is 0. The molecule has 0 bridgehead atoms. The summed E-state index contributed by atoms with van der Waals surface area (Å²) < 4.78 is 6.23. The van der Waals surface area contributed by atoms with Gasteiger partial charge < -0.3 is 4.52 Å². The Labute approximate surface area is 127 Å². The standard InChI is InChI=1S/C15H17OPS2/c18-11-13(12-19)16-17(14-7-3-1-4-8-14)15-9-5-2-6-10-15/h1-10,13,18-19H,11-12H2. The molecule has 19 heavy (non-hydrogen) atoms. The first-order valence-corrected chi connectivity index (χ1v) is 8.66. The Hall–Kier alpha value is -0.470. The maximum Gasteiger partial charge on any atom is 0.0922 e. The second kappa shape index (κ2) is 7.96. The topological polar surface area (TPSA) is 9.23 Å². The van der Waals surface area contributed by atoms with E-state index in [0.717, 1.165) is 0 Å². The van der Waals surface area contributed by atoms with Gasteiger partial charge in [-0.2, -0.15) is 25.3 Å². The van der Waals surface area contributed by atoms with Crippen molar-refractivity contribution in [1.82, 2.24) is 0 Å². The normalized spacial score (nSPS) is 11.2. The van der Waals surface area contributed by atoms with Crippen molar-refractivity contribution in [2.75, 3.05) is 11.5 Å². The number of rotatable bonds is 6. The summed E-state index contributed by atoms with van der Waals surface area (Å²) in [6, 6.07) is 20.7. The van der Waals surface area contributed by atoms with Crippen molar-refractivity contribution < 1.29 is 4.52 Å². The zero-order valence-corrected chi connectivity index (χ0v) is 13.2. The molecule has 0 radical (unpaired) electrons. The highest BCUT2D eigenvalue weighted by Crippen LogP contribution is 2.36. The van der Waals surface area contributed by atoms with Crippen LogP contribution in [0.1, 0.15) is 0 Å². The lowest BCUT2D eigenvalue weighted by atomic mass is 10.4. The summed E-state index contributed by atoms with van der Waals surface area (Å²) in [6.07, 6.45) is 0.0678. The lowest BCUT2D eigenvalue weighted by Crippen LogP contribution is -2.22. The minimum Gasteiger partial charge on any atom is -0.345 e. The van der Waals surface area contributed by atoms with Crippen LogP contribution in [0.2, 0.25) is 0 Å². The molecule has 0 fully saturated rings. The van der Waals surface area contributed by atoms with Crippen LogP contribution in [0.5, 0.6) is 0 Å². The molecule has 100 valence electrons. The zero-order valence-electron chi connectivity index (χ0n) is 10.5. The molecule has 0 saturated heterocycles. The Morgan fingerprint density at radius 1 is 0.789 bits per heavy atom. The predicted molar refractivity (Wildman–Crippen MR) is 91.7 cm³/mol. The van der Waals surface area contributed by atoms with Crippen LogP contribution in [0, 0.1) is 0 Å². The van der Waals surface area contributed by atoms with Crippen LogP contribution >= 0.6 is 33.4 Å². The third kappa shape index (κ3) is 4.25. The lowest BCUT2D eigenvalue weighted by Gasteiger charge is -2.23. The summed E-state index contributed by atoms with van der Waals surface area (Å²) in [5.41, 5.74) is 0. The summed E-state index contributed by atoms with van der Waals surface area (Å²) in [5.74, 6) is 1.37. The van der Waals surface area contributed by atoms with E-state index in [1.165, 1.54) is 10.6 Å². The van der Waals surface area contributed by atoms with E-state index in [4.69, 9.17) is 4.52 Å². The van der Waals surface area contributed by atoms with Crippen molar-refractivity contribution in [2.45, 2.75) is 6.10 Å². The van der Waals surface area contributed by atoms with E-state index in [1.807, 2.05) is 36.4 Å². The Bertz CT molecular complexity index is 435.